The number of rotatable bonds is 4. The zero-order chi connectivity index (χ0) is 18.2. The quantitative estimate of drug-likeness (QED) is 0.765. The van der Waals surface area contributed by atoms with Crippen LogP contribution in [0.3, 0.4) is 0 Å². The topological polar surface area (TPSA) is 97.2 Å². The van der Waals surface area contributed by atoms with Gasteiger partial charge in [-0.15, -0.1) is 0 Å². The highest BCUT2D eigenvalue weighted by molar-refractivity contribution is 7.93. The van der Waals surface area contributed by atoms with E-state index in [1.165, 1.54) is 13.0 Å². The molecule has 2 aromatic carbocycles. The summed E-state index contributed by atoms with van der Waals surface area (Å²) >= 11 is 0. The van der Waals surface area contributed by atoms with Crippen LogP contribution in [0.15, 0.2) is 47.6 Å². The molecule has 1 aromatic heterocycles. The van der Waals surface area contributed by atoms with Gasteiger partial charge in [0.1, 0.15) is 6.33 Å². The number of aromatic nitrogens is 3. The van der Waals surface area contributed by atoms with Crippen molar-refractivity contribution in [3.63, 3.8) is 0 Å². The SMILES string of the molecule is CC(=O)n1ncnc1NS(=O)(=O)c1cccc2c(N(C)C)cccc12. The Morgan fingerprint density at radius 1 is 1.12 bits per heavy atom. The summed E-state index contributed by atoms with van der Waals surface area (Å²) in [6, 6.07) is 10.5. The Kier molecular flexibility index (Phi) is 4.17. The fourth-order valence-corrected chi connectivity index (χ4v) is 3.82. The molecule has 1 heterocycles. The lowest BCUT2D eigenvalue weighted by Crippen LogP contribution is -2.19. The summed E-state index contributed by atoms with van der Waals surface area (Å²) < 4.78 is 28.9. The molecule has 3 aromatic rings. The third-order valence-electron chi connectivity index (χ3n) is 3.70. The van der Waals surface area contributed by atoms with Gasteiger partial charge in [-0.25, -0.2) is 13.1 Å². The van der Waals surface area contributed by atoms with E-state index in [1.807, 2.05) is 31.1 Å². The van der Waals surface area contributed by atoms with Crippen molar-refractivity contribution in [2.45, 2.75) is 11.8 Å². The van der Waals surface area contributed by atoms with Gasteiger partial charge < -0.3 is 4.90 Å². The predicted octanol–water partition coefficient (Wildman–Crippen LogP) is 1.96. The Balaban J connectivity index is 2.13. The second-order valence-corrected chi connectivity index (χ2v) is 7.29. The van der Waals surface area contributed by atoms with E-state index in [0.717, 1.165) is 22.1 Å². The van der Waals surface area contributed by atoms with Gasteiger partial charge in [-0.3, -0.25) is 4.79 Å². The van der Waals surface area contributed by atoms with E-state index in [9.17, 15) is 13.2 Å². The van der Waals surface area contributed by atoms with Crippen LogP contribution in [0, 0.1) is 0 Å². The summed E-state index contributed by atoms with van der Waals surface area (Å²) in [7, 11) is -0.168. The molecule has 0 radical (unpaired) electrons. The number of hydrogen-bond acceptors (Lipinski definition) is 6. The number of carbonyl (C=O) groups excluding carboxylic acids is 1. The summed E-state index contributed by atoms with van der Waals surface area (Å²) in [5.74, 6) is -0.587. The summed E-state index contributed by atoms with van der Waals surface area (Å²) in [6.07, 6.45) is 1.12. The van der Waals surface area contributed by atoms with Crippen molar-refractivity contribution in [2.24, 2.45) is 0 Å². The third kappa shape index (κ3) is 3.05. The van der Waals surface area contributed by atoms with Crippen molar-refractivity contribution >= 4 is 38.3 Å². The first-order valence-electron chi connectivity index (χ1n) is 7.44. The summed E-state index contributed by atoms with van der Waals surface area (Å²) in [6.45, 7) is 1.27. The fourth-order valence-electron chi connectivity index (χ4n) is 2.61. The van der Waals surface area contributed by atoms with Crippen molar-refractivity contribution in [3.05, 3.63) is 42.7 Å². The second-order valence-electron chi connectivity index (χ2n) is 5.64. The Bertz CT molecular complexity index is 1060. The molecule has 130 valence electrons. The van der Waals surface area contributed by atoms with Crippen LogP contribution in [0.5, 0.6) is 0 Å². The van der Waals surface area contributed by atoms with Gasteiger partial charge >= 0.3 is 0 Å². The number of sulfonamides is 1. The first-order valence-corrected chi connectivity index (χ1v) is 8.92. The molecule has 0 saturated carbocycles. The molecule has 9 heteroatoms. The van der Waals surface area contributed by atoms with Crippen LogP contribution in [0.1, 0.15) is 11.7 Å². The van der Waals surface area contributed by atoms with E-state index in [2.05, 4.69) is 14.8 Å². The lowest BCUT2D eigenvalue weighted by Gasteiger charge is -2.17. The molecule has 0 aliphatic rings. The molecule has 0 amide bonds. The molecule has 0 spiro atoms. The summed E-state index contributed by atoms with van der Waals surface area (Å²) in [4.78, 5) is 17.3. The lowest BCUT2D eigenvalue weighted by molar-refractivity contribution is 0.0924. The highest BCUT2D eigenvalue weighted by Crippen LogP contribution is 2.30. The molecular weight excluding hydrogens is 342 g/mol. The Hall–Kier alpha value is -2.94. The normalized spacial score (nSPS) is 11.5. The van der Waals surface area contributed by atoms with E-state index in [0.29, 0.717) is 5.39 Å². The lowest BCUT2D eigenvalue weighted by atomic mass is 10.1. The number of nitrogens with one attached hydrogen (secondary N) is 1. The van der Waals surface area contributed by atoms with Crippen molar-refractivity contribution in [1.82, 2.24) is 14.8 Å². The van der Waals surface area contributed by atoms with Crippen molar-refractivity contribution in [3.8, 4) is 0 Å². The summed E-state index contributed by atoms with van der Waals surface area (Å²) in [5.41, 5.74) is 0.904. The Labute approximate surface area is 145 Å². The predicted molar refractivity (Wildman–Crippen MR) is 95.4 cm³/mol. The van der Waals surface area contributed by atoms with Crippen LogP contribution < -0.4 is 9.62 Å². The molecular formula is C16H17N5O3S. The van der Waals surface area contributed by atoms with Crippen LogP contribution in [-0.2, 0) is 10.0 Å². The van der Waals surface area contributed by atoms with Gasteiger partial charge in [0.05, 0.1) is 4.90 Å². The van der Waals surface area contributed by atoms with Crippen LogP contribution in [0.4, 0.5) is 11.6 Å². The van der Waals surface area contributed by atoms with Gasteiger partial charge in [-0.1, -0.05) is 24.3 Å². The average molecular weight is 359 g/mol. The minimum Gasteiger partial charge on any atom is -0.377 e. The zero-order valence-corrected chi connectivity index (χ0v) is 14.8. The molecule has 0 saturated heterocycles. The van der Waals surface area contributed by atoms with Crippen molar-refractivity contribution in [1.29, 1.82) is 0 Å². The maximum absolute atomic E-state index is 12.9. The molecule has 0 atom stereocenters. The smallest absolute Gasteiger partial charge is 0.264 e. The van der Waals surface area contributed by atoms with Crippen LogP contribution in [0.2, 0.25) is 0 Å². The third-order valence-corrected chi connectivity index (χ3v) is 5.09. The number of anilines is 2. The molecule has 25 heavy (non-hydrogen) atoms. The van der Waals surface area contributed by atoms with Gasteiger partial charge in [0, 0.05) is 37.5 Å². The Morgan fingerprint density at radius 2 is 1.80 bits per heavy atom. The van der Waals surface area contributed by atoms with Crippen molar-refractivity contribution in [2.75, 3.05) is 23.7 Å². The molecule has 3 rings (SSSR count). The van der Waals surface area contributed by atoms with Gasteiger partial charge in [-0.05, 0) is 12.1 Å². The maximum Gasteiger partial charge on any atom is 0.264 e. The number of benzene rings is 2. The number of nitrogens with zero attached hydrogens (tertiary/aromatic N) is 4. The van der Waals surface area contributed by atoms with E-state index >= 15 is 0 Å². The standard InChI is InChI=1S/C16H17N5O3S/c1-11(22)21-16(17-10-18-21)19-25(23,24)15-9-5-6-12-13(15)7-4-8-14(12)20(2)3/h4-10H,1-3H3,(H,17,18,19). The van der Waals surface area contributed by atoms with E-state index in [4.69, 9.17) is 0 Å². The number of fused-ring (bicyclic) bond motifs is 1. The first kappa shape index (κ1) is 16.9. The molecule has 8 nitrogen and oxygen atoms in total. The van der Waals surface area contributed by atoms with E-state index in [1.54, 1.807) is 18.2 Å². The maximum atomic E-state index is 12.9. The average Bonchev–Trinajstić information content (AvgIpc) is 3.01. The van der Waals surface area contributed by atoms with Gasteiger partial charge in [-0.2, -0.15) is 14.8 Å². The molecule has 0 bridgehead atoms. The first-order chi connectivity index (χ1) is 11.8. The van der Waals surface area contributed by atoms with Gasteiger partial charge in [0.2, 0.25) is 11.9 Å². The molecule has 0 aliphatic heterocycles. The largest absolute Gasteiger partial charge is 0.377 e. The second kappa shape index (κ2) is 6.17. The highest BCUT2D eigenvalue weighted by atomic mass is 32.2. The monoisotopic (exact) mass is 359 g/mol. The van der Waals surface area contributed by atoms with E-state index in [-0.39, 0.29) is 10.8 Å². The van der Waals surface area contributed by atoms with Crippen molar-refractivity contribution < 1.29 is 13.2 Å². The Morgan fingerprint density at radius 3 is 2.48 bits per heavy atom. The van der Waals surface area contributed by atoms with E-state index < -0.39 is 15.9 Å². The van der Waals surface area contributed by atoms with Crippen LogP contribution in [0.25, 0.3) is 10.8 Å². The number of carbonyl (C=O) groups is 1. The summed E-state index contributed by atoms with van der Waals surface area (Å²) in [5, 5.41) is 5.10. The fraction of sp³-hybridized carbons (Fsp3) is 0.188. The zero-order valence-electron chi connectivity index (χ0n) is 14.0. The molecule has 0 aliphatic carbocycles. The minimum absolute atomic E-state index is 0.104. The molecule has 0 unspecified atom stereocenters. The highest BCUT2D eigenvalue weighted by Gasteiger charge is 2.21. The van der Waals surface area contributed by atoms with Crippen LogP contribution >= 0.6 is 0 Å². The minimum atomic E-state index is -3.95. The van der Waals surface area contributed by atoms with Gasteiger partial charge in [0.25, 0.3) is 10.0 Å². The molecule has 1 N–H and O–H groups in total. The number of hydrogen-bond donors (Lipinski definition) is 1. The van der Waals surface area contributed by atoms with Gasteiger partial charge in [0.15, 0.2) is 0 Å². The molecule has 0 fully saturated rings. The van der Waals surface area contributed by atoms with Crippen LogP contribution in [-0.4, -0.2) is 43.2 Å².